The van der Waals surface area contributed by atoms with Gasteiger partial charge in [0, 0.05) is 24.8 Å². The molecular formula is C30H35ClN4O4. The van der Waals surface area contributed by atoms with E-state index in [1.165, 1.54) is 11.9 Å². The van der Waals surface area contributed by atoms with Crippen LogP contribution in [0, 0.1) is 5.92 Å². The summed E-state index contributed by atoms with van der Waals surface area (Å²) < 4.78 is 5.79. The molecule has 2 aromatic carbocycles. The molecule has 3 aromatic rings. The number of ether oxygens (including phenoxy) is 1. The van der Waals surface area contributed by atoms with Gasteiger partial charge >= 0.3 is 5.97 Å². The van der Waals surface area contributed by atoms with Crippen molar-refractivity contribution in [1.29, 1.82) is 0 Å². The van der Waals surface area contributed by atoms with Gasteiger partial charge in [-0.25, -0.2) is 9.97 Å². The first-order valence-electron chi connectivity index (χ1n) is 13.3. The van der Waals surface area contributed by atoms with E-state index in [0.717, 1.165) is 36.3 Å². The number of aromatic nitrogens is 2. The van der Waals surface area contributed by atoms with Crippen LogP contribution >= 0.6 is 11.6 Å². The summed E-state index contributed by atoms with van der Waals surface area (Å²) in [5, 5.41) is 9.87. The maximum Gasteiger partial charge on any atom is 0.323 e. The van der Waals surface area contributed by atoms with Crippen molar-refractivity contribution in [2.24, 2.45) is 5.92 Å². The molecule has 0 aliphatic carbocycles. The summed E-state index contributed by atoms with van der Waals surface area (Å²) in [5.74, 6) is 0.351. The molecule has 206 valence electrons. The van der Waals surface area contributed by atoms with Crippen molar-refractivity contribution in [2.75, 3.05) is 31.6 Å². The number of aryl methyl sites for hydroxylation is 2. The molecule has 0 unspecified atom stereocenters. The van der Waals surface area contributed by atoms with E-state index in [4.69, 9.17) is 21.3 Å². The molecule has 1 amide bonds. The van der Waals surface area contributed by atoms with Gasteiger partial charge < -0.3 is 19.6 Å². The van der Waals surface area contributed by atoms with E-state index in [9.17, 15) is 14.7 Å². The van der Waals surface area contributed by atoms with Crippen molar-refractivity contribution in [2.45, 2.75) is 45.6 Å². The lowest BCUT2D eigenvalue weighted by atomic mass is 10.0. The lowest BCUT2D eigenvalue weighted by molar-refractivity contribution is -0.137. The Kier molecular flexibility index (Phi) is 9.41. The van der Waals surface area contributed by atoms with Crippen LogP contribution in [0.2, 0.25) is 5.02 Å². The van der Waals surface area contributed by atoms with Crippen molar-refractivity contribution in [3.05, 3.63) is 82.1 Å². The minimum absolute atomic E-state index is 0.115. The molecule has 1 aliphatic rings. The number of carboxylic acid groups (broad SMARTS) is 1. The Bertz CT molecular complexity index is 1280. The van der Waals surface area contributed by atoms with Gasteiger partial charge in [0.15, 0.2) is 0 Å². The highest BCUT2D eigenvalue weighted by molar-refractivity contribution is 6.30. The van der Waals surface area contributed by atoms with Gasteiger partial charge in [0.05, 0.1) is 23.9 Å². The molecule has 0 saturated carbocycles. The van der Waals surface area contributed by atoms with E-state index in [0.29, 0.717) is 47.6 Å². The van der Waals surface area contributed by atoms with Crippen LogP contribution in [0.5, 0.6) is 5.75 Å². The Morgan fingerprint density at radius 1 is 1.13 bits per heavy atom. The summed E-state index contributed by atoms with van der Waals surface area (Å²) >= 11 is 6.10. The van der Waals surface area contributed by atoms with Gasteiger partial charge in [-0.15, -0.1) is 0 Å². The SMILES string of the molecule is CC(C)COc1ccc(CCc2nc(N3CCC[C@@H]3c3ccc(Cl)cc3)ncc2C(=O)N(C)CC(=O)O)cc1. The number of hydrogen-bond acceptors (Lipinski definition) is 6. The van der Waals surface area contributed by atoms with Crippen molar-refractivity contribution in [1.82, 2.24) is 14.9 Å². The van der Waals surface area contributed by atoms with Crippen LogP contribution < -0.4 is 9.64 Å². The molecule has 1 N–H and O–H groups in total. The first kappa shape index (κ1) is 28.4. The molecule has 9 heteroatoms. The quantitative estimate of drug-likeness (QED) is 0.339. The van der Waals surface area contributed by atoms with E-state index >= 15 is 0 Å². The average Bonchev–Trinajstić information content (AvgIpc) is 3.41. The number of anilines is 1. The second kappa shape index (κ2) is 12.9. The van der Waals surface area contributed by atoms with Crippen LogP contribution in [0.15, 0.2) is 54.7 Å². The van der Waals surface area contributed by atoms with Crippen molar-refractivity contribution >= 4 is 29.4 Å². The summed E-state index contributed by atoms with van der Waals surface area (Å²) in [5.41, 5.74) is 3.15. The summed E-state index contributed by atoms with van der Waals surface area (Å²) in [7, 11) is 1.47. The Hall–Kier alpha value is -3.65. The number of carbonyl (C=O) groups excluding carboxylic acids is 1. The Labute approximate surface area is 234 Å². The second-order valence-corrected chi connectivity index (χ2v) is 10.8. The van der Waals surface area contributed by atoms with Gasteiger partial charge in [-0.05, 0) is 67.0 Å². The van der Waals surface area contributed by atoms with Crippen molar-refractivity contribution < 1.29 is 19.4 Å². The normalized spacial score (nSPS) is 15.0. The smallest absolute Gasteiger partial charge is 0.323 e. The molecule has 4 rings (SSSR count). The molecule has 0 spiro atoms. The predicted molar refractivity (Wildman–Crippen MR) is 152 cm³/mol. The van der Waals surface area contributed by atoms with E-state index in [1.807, 2.05) is 48.5 Å². The number of hydrogen-bond donors (Lipinski definition) is 1. The zero-order valence-corrected chi connectivity index (χ0v) is 23.4. The van der Waals surface area contributed by atoms with Gasteiger partial charge in [-0.2, -0.15) is 0 Å². The highest BCUT2D eigenvalue weighted by Gasteiger charge is 2.29. The fourth-order valence-corrected chi connectivity index (χ4v) is 4.84. The molecular weight excluding hydrogens is 516 g/mol. The third kappa shape index (κ3) is 7.47. The number of halogens is 1. The van der Waals surface area contributed by atoms with Gasteiger partial charge in [0.25, 0.3) is 5.91 Å². The Balaban J connectivity index is 1.58. The highest BCUT2D eigenvalue weighted by Crippen LogP contribution is 2.35. The largest absolute Gasteiger partial charge is 0.493 e. The first-order chi connectivity index (χ1) is 18.7. The highest BCUT2D eigenvalue weighted by atomic mass is 35.5. The summed E-state index contributed by atoms with van der Waals surface area (Å²) in [6, 6.07) is 15.9. The molecule has 1 atom stereocenters. The van der Waals surface area contributed by atoms with Gasteiger partial charge in [-0.3, -0.25) is 9.59 Å². The number of carbonyl (C=O) groups is 2. The zero-order chi connectivity index (χ0) is 27.9. The predicted octanol–water partition coefficient (Wildman–Crippen LogP) is 5.45. The number of nitrogens with zero attached hydrogens (tertiary/aromatic N) is 4. The maximum atomic E-state index is 13.2. The maximum absolute atomic E-state index is 13.2. The zero-order valence-electron chi connectivity index (χ0n) is 22.6. The number of rotatable bonds is 11. The number of likely N-dealkylation sites (N-methyl/N-ethyl adjacent to an activating group) is 1. The molecule has 1 aliphatic heterocycles. The van der Waals surface area contributed by atoms with Gasteiger partial charge in [-0.1, -0.05) is 49.7 Å². The van der Waals surface area contributed by atoms with E-state index in [1.54, 1.807) is 6.20 Å². The summed E-state index contributed by atoms with van der Waals surface area (Å²) in [6.07, 6.45) is 4.67. The molecule has 2 heterocycles. The number of amides is 1. The van der Waals surface area contributed by atoms with Crippen LogP contribution in [0.25, 0.3) is 0 Å². The number of aliphatic carboxylic acids is 1. The monoisotopic (exact) mass is 550 g/mol. The third-order valence-corrected chi connectivity index (χ3v) is 6.98. The molecule has 1 aromatic heterocycles. The molecule has 39 heavy (non-hydrogen) atoms. The lowest BCUT2D eigenvalue weighted by Gasteiger charge is -2.26. The minimum Gasteiger partial charge on any atom is -0.493 e. The Morgan fingerprint density at radius 2 is 1.85 bits per heavy atom. The lowest BCUT2D eigenvalue weighted by Crippen LogP contribution is -2.33. The fourth-order valence-electron chi connectivity index (χ4n) is 4.71. The van der Waals surface area contributed by atoms with Crippen LogP contribution in [-0.2, 0) is 17.6 Å². The molecule has 8 nitrogen and oxygen atoms in total. The fraction of sp³-hybridized carbons (Fsp3) is 0.400. The standard InChI is InChI=1S/C30H35ClN4O4/c1-20(2)19-39-24-13-6-21(7-14-24)8-15-26-25(29(38)34(3)18-28(36)37)17-32-30(33-26)35-16-4-5-27(35)22-9-11-23(31)12-10-22/h6-7,9-14,17,20,27H,4-5,8,15-16,18-19H2,1-3H3,(H,36,37)/t27-/m1/s1. The summed E-state index contributed by atoms with van der Waals surface area (Å²) in [6.45, 7) is 5.28. The van der Waals surface area contributed by atoms with Crippen molar-refractivity contribution in [3.63, 3.8) is 0 Å². The van der Waals surface area contributed by atoms with Crippen LogP contribution in [0.4, 0.5) is 5.95 Å². The molecule has 1 saturated heterocycles. The number of carboxylic acids is 1. The van der Waals surface area contributed by atoms with Crippen LogP contribution in [0.1, 0.15) is 59.9 Å². The minimum atomic E-state index is -1.08. The van der Waals surface area contributed by atoms with Gasteiger partial charge in [0.2, 0.25) is 5.95 Å². The second-order valence-electron chi connectivity index (χ2n) is 10.3. The molecule has 1 fully saturated rings. The van der Waals surface area contributed by atoms with Crippen molar-refractivity contribution in [3.8, 4) is 5.75 Å². The molecule has 0 radical (unpaired) electrons. The van der Waals surface area contributed by atoms with Crippen LogP contribution in [-0.4, -0.2) is 58.6 Å². The van der Waals surface area contributed by atoms with E-state index in [-0.39, 0.29) is 6.04 Å². The average molecular weight is 551 g/mol. The van der Waals surface area contributed by atoms with Crippen LogP contribution in [0.3, 0.4) is 0 Å². The van der Waals surface area contributed by atoms with Gasteiger partial charge in [0.1, 0.15) is 12.3 Å². The number of benzene rings is 2. The molecule has 0 bridgehead atoms. The third-order valence-electron chi connectivity index (χ3n) is 6.73. The topological polar surface area (TPSA) is 95.9 Å². The summed E-state index contributed by atoms with van der Waals surface area (Å²) in [4.78, 5) is 37.2. The van der Waals surface area contributed by atoms with E-state index < -0.39 is 18.4 Å². The van der Waals surface area contributed by atoms with E-state index in [2.05, 4.69) is 23.7 Å². The first-order valence-corrected chi connectivity index (χ1v) is 13.7. The Morgan fingerprint density at radius 3 is 2.51 bits per heavy atom.